The highest BCUT2D eigenvalue weighted by Gasteiger charge is 2.38. The quantitative estimate of drug-likeness (QED) is 0.137. The SMILES string of the molecule is CCC(CCCC(c1cc(C(C)(C)C)c(O)cc1C)c1cc(C(C)(C)C)c(O)cc1C)(c1cc(C(C)(C)C)c(O)cc1C)c1cc(C(C)(C)C)c(O)cc1C. The molecule has 4 nitrogen and oxygen atoms in total. The van der Waals surface area contributed by atoms with Crippen LogP contribution < -0.4 is 0 Å². The highest BCUT2D eigenvalue weighted by Crippen LogP contribution is 2.50. The zero-order chi connectivity index (χ0) is 41.8. The van der Waals surface area contributed by atoms with Crippen LogP contribution in [0.1, 0.15) is 188 Å². The lowest BCUT2D eigenvalue weighted by molar-refractivity contribution is 0.409. The molecule has 0 unspecified atom stereocenters. The molecule has 0 aliphatic rings. The molecule has 300 valence electrons. The normalized spacial score (nSPS) is 13.2. The second-order valence-electron chi connectivity index (χ2n) is 20.7. The van der Waals surface area contributed by atoms with E-state index in [-0.39, 0.29) is 27.6 Å². The first kappa shape index (κ1) is 43.8. The number of phenolic OH excluding ortho intramolecular Hbond substituents is 4. The minimum atomic E-state index is -0.415. The number of aromatic hydroxyl groups is 4. The van der Waals surface area contributed by atoms with Gasteiger partial charge in [-0.15, -0.1) is 0 Å². The molecule has 4 heteroatoms. The third-order valence-electron chi connectivity index (χ3n) is 12.2. The van der Waals surface area contributed by atoms with E-state index in [1.165, 1.54) is 22.3 Å². The Hall–Kier alpha value is -3.92. The Bertz CT molecular complexity index is 1900. The van der Waals surface area contributed by atoms with Crippen LogP contribution in [-0.2, 0) is 27.1 Å². The second kappa shape index (κ2) is 15.2. The Balaban J connectivity index is 2.02. The van der Waals surface area contributed by atoms with E-state index in [9.17, 15) is 20.4 Å². The minimum absolute atomic E-state index is 0.00931. The predicted octanol–water partition coefficient (Wildman–Crippen LogP) is 13.6. The minimum Gasteiger partial charge on any atom is -0.508 e. The van der Waals surface area contributed by atoms with Crippen molar-refractivity contribution in [1.29, 1.82) is 0 Å². The Labute approximate surface area is 334 Å². The molecule has 0 radical (unpaired) electrons. The van der Waals surface area contributed by atoms with Gasteiger partial charge in [0.05, 0.1) is 0 Å². The van der Waals surface area contributed by atoms with Gasteiger partial charge in [0.1, 0.15) is 23.0 Å². The molecule has 0 amide bonds. The topological polar surface area (TPSA) is 80.9 Å². The lowest BCUT2D eigenvalue weighted by Gasteiger charge is -2.39. The first-order chi connectivity index (χ1) is 25.0. The van der Waals surface area contributed by atoms with Crippen molar-refractivity contribution >= 4 is 0 Å². The molecule has 0 heterocycles. The number of rotatable bonds is 9. The predicted molar refractivity (Wildman–Crippen MR) is 233 cm³/mol. The molecule has 4 aromatic carbocycles. The molecule has 0 bridgehead atoms. The number of hydrogen-bond acceptors (Lipinski definition) is 4. The van der Waals surface area contributed by atoms with Crippen molar-refractivity contribution in [3.05, 3.63) is 115 Å². The van der Waals surface area contributed by atoms with Crippen molar-refractivity contribution < 1.29 is 20.4 Å². The van der Waals surface area contributed by atoms with E-state index in [4.69, 9.17) is 0 Å². The van der Waals surface area contributed by atoms with Gasteiger partial charge in [0.15, 0.2) is 0 Å². The van der Waals surface area contributed by atoms with Crippen LogP contribution >= 0.6 is 0 Å². The summed E-state index contributed by atoms with van der Waals surface area (Å²) in [4.78, 5) is 0. The molecule has 0 aliphatic heterocycles. The summed E-state index contributed by atoms with van der Waals surface area (Å²) in [6.07, 6.45) is 3.40. The molecular formula is C51H72O4. The molecule has 0 aromatic heterocycles. The van der Waals surface area contributed by atoms with Crippen molar-refractivity contribution in [2.24, 2.45) is 0 Å². The zero-order valence-electron chi connectivity index (χ0n) is 37.3. The van der Waals surface area contributed by atoms with Crippen molar-refractivity contribution in [3.63, 3.8) is 0 Å². The maximum Gasteiger partial charge on any atom is 0.119 e. The van der Waals surface area contributed by atoms with Crippen molar-refractivity contribution in [3.8, 4) is 23.0 Å². The van der Waals surface area contributed by atoms with Gasteiger partial charge >= 0.3 is 0 Å². The van der Waals surface area contributed by atoms with Crippen LogP contribution in [0, 0.1) is 27.7 Å². The third-order valence-corrected chi connectivity index (χ3v) is 12.2. The fourth-order valence-electron chi connectivity index (χ4n) is 9.05. The molecule has 4 rings (SSSR count). The van der Waals surface area contributed by atoms with E-state index in [0.29, 0.717) is 23.0 Å². The van der Waals surface area contributed by atoms with Gasteiger partial charge in [0, 0.05) is 11.3 Å². The largest absolute Gasteiger partial charge is 0.508 e. The van der Waals surface area contributed by atoms with Gasteiger partial charge in [-0.2, -0.15) is 0 Å². The molecular weight excluding hydrogens is 677 g/mol. The summed E-state index contributed by atoms with van der Waals surface area (Å²) in [6, 6.07) is 16.7. The lowest BCUT2D eigenvalue weighted by atomic mass is 9.64. The molecule has 4 N–H and O–H groups in total. The summed E-state index contributed by atoms with van der Waals surface area (Å²) < 4.78 is 0. The molecule has 0 saturated heterocycles. The second-order valence-corrected chi connectivity index (χ2v) is 20.7. The van der Waals surface area contributed by atoms with E-state index in [2.05, 4.69) is 142 Å². The number of benzene rings is 4. The summed E-state index contributed by atoms with van der Waals surface area (Å²) in [5, 5.41) is 45.0. The summed E-state index contributed by atoms with van der Waals surface area (Å²) in [5.74, 6) is 1.31. The molecule has 55 heavy (non-hydrogen) atoms. The van der Waals surface area contributed by atoms with Crippen LogP contribution in [0.3, 0.4) is 0 Å². The number of hydrogen-bond donors (Lipinski definition) is 4. The third kappa shape index (κ3) is 8.90. The van der Waals surface area contributed by atoms with Crippen LogP contribution in [0.25, 0.3) is 0 Å². The molecule has 0 spiro atoms. The van der Waals surface area contributed by atoms with Crippen LogP contribution in [0.15, 0.2) is 48.5 Å². The van der Waals surface area contributed by atoms with Crippen molar-refractivity contribution in [1.82, 2.24) is 0 Å². The Kier molecular flexibility index (Phi) is 12.1. The first-order valence-corrected chi connectivity index (χ1v) is 20.4. The zero-order valence-corrected chi connectivity index (χ0v) is 37.3. The van der Waals surface area contributed by atoms with E-state index >= 15 is 0 Å². The maximum absolute atomic E-state index is 11.3. The fourth-order valence-corrected chi connectivity index (χ4v) is 9.05. The van der Waals surface area contributed by atoms with Gasteiger partial charge in [-0.1, -0.05) is 121 Å². The van der Waals surface area contributed by atoms with Gasteiger partial charge in [-0.05, 0) is 160 Å². The first-order valence-electron chi connectivity index (χ1n) is 20.4. The van der Waals surface area contributed by atoms with E-state index in [1.807, 2.05) is 24.3 Å². The lowest BCUT2D eigenvalue weighted by Crippen LogP contribution is -2.31. The van der Waals surface area contributed by atoms with Crippen LogP contribution in [-0.4, -0.2) is 20.4 Å². The summed E-state index contributed by atoms with van der Waals surface area (Å²) >= 11 is 0. The highest BCUT2D eigenvalue weighted by molar-refractivity contribution is 5.57. The smallest absolute Gasteiger partial charge is 0.119 e. The van der Waals surface area contributed by atoms with E-state index < -0.39 is 5.41 Å². The molecule has 0 atom stereocenters. The molecule has 0 fully saturated rings. The summed E-state index contributed by atoms with van der Waals surface area (Å²) in [6.45, 7) is 36.5. The van der Waals surface area contributed by atoms with Crippen LogP contribution in [0.4, 0.5) is 0 Å². The molecule has 0 aliphatic carbocycles. The van der Waals surface area contributed by atoms with Gasteiger partial charge in [-0.25, -0.2) is 0 Å². The maximum atomic E-state index is 11.3. The Morgan fingerprint density at radius 1 is 0.418 bits per heavy atom. The van der Waals surface area contributed by atoms with Gasteiger partial charge in [-0.3, -0.25) is 0 Å². The van der Waals surface area contributed by atoms with Gasteiger partial charge in [0.2, 0.25) is 0 Å². The average molecular weight is 749 g/mol. The Morgan fingerprint density at radius 2 is 0.709 bits per heavy atom. The monoisotopic (exact) mass is 749 g/mol. The summed E-state index contributed by atoms with van der Waals surface area (Å²) in [7, 11) is 0. The fraction of sp³-hybridized carbons (Fsp3) is 0.529. The molecule has 4 aromatic rings. The van der Waals surface area contributed by atoms with Crippen molar-refractivity contribution in [2.75, 3.05) is 0 Å². The van der Waals surface area contributed by atoms with Crippen LogP contribution in [0.2, 0.25) is 0 Å². The number of aryl methyl sites for hydroxylation is 4. The van der Waals surface area contributed by atoms with E-state index in [1.54, 1.807) is 0 Å². The number of phenols is 4. The van der Waals surface area contributed by atoms with Gasteiger partial charge < -0.3 is 20.4 Å². The highest BCUT2D eigenvalue weighted by atomic mass is 16.3. The van der Waals surface area contributed by atoms with E-state index in [0.717, 1.165) is 70.2 Å². The Morgan fingerprint density at radius 3 is 1.00 bits per heavy atom. The van der Waals surface area contributed by atoms with Crippen molar-refractivity contribution in [2.45, 2.75) is 176 Å². The average Bonchev–Trinajstić information content (AvgIpc) is 3.00. The standard InChI is InChI=1S/C51H72O4/c1-18-51(37-28-41(49(12,13)14)45(54)24-32(37)4,38-29-42(50(15,16)17)46(55)25-33(38)5)21-19-20-34(35-26-39(47(6,7)8)43(52)22-30(35)2)36-27-40(48(9,10)11)44(53)23-31(36)3/h22-29,34,52-55H,18-21H2,1-17H3. The van der Waals surface area contributed by atoms with Gasteiger partial charge in [0.25, 0.3) is 0 Å². The molecule has 0 saturated carbocycles. The summed E-state index contributed by atoms with van der Waals surface area (Å²) in [5.41, 5.74) is 11.3. The van der Waals surface area contributed by atoms with Crippen LogP contribution in [0.5, 0.6) is 23.0 Å².